The summed E-state index contributed by atoms with van der Waals surface area (Å²) in [4.78, 5) is 7.03. The summed E-state index contributed by atoms with van der Waals surface area (Å²) in [5, 5.41) is 3.50. The van der Waals surface area contributed by atoms with Gasteiger partial charge < -0.3 is 10.2 Å². The third-order valence-corrected chi connectivity index (χ3v) is 4.19. The average molecular weight is 289 g/mol. The number of rotatable bonds is 6. The molecule has 1 aromatic rings. The molecule has 3 nitrogen and oxygen atoms in total. The summed E-state index contributed by atoms with van der Waals surface area (Å²) < 4.78 is 0. The first-order valence-corrected chi connectivity index (χ1v) is 8.30. The highest BCUT2D eigenvalue weighted by Crippen LogP contribution is 2.25. The summed E-state index contributed by atoms with van der Waals surface area (Å²) in [6.07, 6.45) is 7.68. The molecule has 0 aliphatic heterocycles. The minimum absolute atomic E-state index is 0.153. The zero-order valence-corrected chi connectivity index (χ0v) is 14.2. The van der Waals surface area contributed by atoms with Crippen molar-refractivity contribution in [2.24, 2.45) is 5.92 Å². The molecule has 0 unspecified atom stereocenters. The lowest BCUT2D eigenvalue weighted by Crippen LogP contribution is -2.35. The first-order valence-electron chi connectivity index (χ1n) is 8.30. The normalized spacial score (nSPS) is 16.8. The molecule has 0 saturated heterocycles. The minimum atomic E-state index is 0.153. The number of nitrogens with one attached hydrogen (secondary N) is 1. The fourth-order valence-electron chi connectivity index (χ4n) is 3.00. The number of nitrogens with zero attached hydrogens (tertiary/aromatic N) is 2. The Kier molecular flexibility index (Phi) is 5.77. The molecule has 1 saturated carbocycles. The fourth-order valence-corrected chi connectivity index (χ4v) is 3.00. The maximum Gasteiger partial charge on any atom is 0.0544 e. The Bertz CT molecular complexity index is 413. The highest BCUT2D eigenvalue weighted by molar-refractivity contribution is 5.14. The van der Waals surface area contributed by atoms with Gasteiger partial charge in [-0.25, -0.2) is 0 Å². The van der Waals surface area contributed by atoms with Crippen LogP contribution in [-0.4, -0.2) is 29.0 Å². The number of hydrogen-bond donors (Lipinski definition) is 1. The second kappa shape index (κ2) is 7.37. The maximum atomic E-state index is 4.61. The van der Waals surface area contributed by atoms with E-state index in [-0.39, 0.29) is 5.54 Å². The van der Waals surface area contributed by atoms with Crippen molar-refractivity contribution in [1.82, 2.24) is 15.2 Å². The van der Waals surface area contributed by atoms with Crippen LogP contribution in [0.2, 0.25) is 0 Å². The Morgan fingerprint density at radius 1 is 1.24 bits per heavy atom. The molecule has 1 aromatic heterocycles. The van der Waals surface area contributed by atoms with Gasteiger partial charge in [0.1, 0.15) is 0 Å². The Hall–Kier alpha value is -0.930. The monoisotopic (exact) mass is 289 g/mol. The predicted molar refractivity (Wildman–Crippen MR) is 89.1 cm³/mol. The van der Waals surface area contributed by atoms with Crippen molar-refractivity contribution in [2.45, 2.75) is 65.1 Å². The Balaban J connectivity index is 1.78. The number of hydrogen-bond acceptors (Lipinski definition) is 3. The van der Waals surface area contributed by atoms with Gasteiger partial charge in [-0.15, -0.1) is 0 Å². The first kappa shape index (κ1) is 16.4. The van der Waals surface area contributed by atoms with Crippen molar-refractivity contribution in [3.8, 4) is 0 Å². The van der Waals surface area contributed by atoms with Gasteiger partial charge in [-0.05, 0) is 58.2 Å². The van der Waals surface area contributed by atoms with E-state index in [1.54, 1.807) is 0 Å². The van der Waals surface area contributed by atoms with Gasteiger partial charge in [0.2, 0.25) is 0 Å². The van der Waals surface area contributed by atoms with E-state index in [1.165, 1.54) is 43.5 Å². The van der Waals surface area contributed by atoms with Gasteiger partial charge in [-0.2, -0.15) is 0 Å². The van der Waals surface area contributed by atoms with Crippen LogP contribution < -0.4 is 5.32 Å². The molecular formula is C18H31N3. The van der Waals surface area contributed by atoms with E-state index in [4.69, 9.17) is 0 Å². The quantitative estimate of drug-likeness (QED) is 0.867. The summed E-state index contributed by atoms with van der Waals surface area (Å²) in [5.41, 5.74) is 2.59. The van der Waals surface area contributed by atoms with Crippen LogP contribution in [0.1, 0.15) is 57.7 Å². The highest BCUT2D eigenvalue weighted by atomic mass is 15.1. The van der Waals surface area contributed by atoms with Crippen molar-refractivity contribution in [1.29, 1.82) is 0 Å². The molecule has 0 radical (unpaired) electrons. The molecule has 1 aliphatic rings. The zero-order chi connectivity index (χ0) is 15.3. The molecular weight excluding hydrogens is 258 g/mol. The highest BCUT2D eigenvalue weighted by Gasteiger charge is 2.17. The van der Waals surface area contributed by atoms with E-state index in [2.05, 4.69) is 55.2 Å². The van der Waals surface area contributed by atoms with Crippen LogP contribution in [0.15, 0.2) is 18.3 Å². The molecule has 1 fully saturated rings. The lowest BCUT2D eigenvalue weighted by atomic mass is 10.1. The van der Waals surface area contributed by atoms with Crippen LogP contribution in [0.5, 0.6) is 0 Å². The molecule has 1 aliphatic carbocycles. The molecule has 0 atom stereocenters. The topological polar surface area (TPSA) is 28.2 Å². The smallest absolute Gasteiger partial charge is 0.0544 e. The Morgan fingerprint density at radius 3 is 2.52 bits per heavy atom. The van der Waals surface area contributed by atoms with Crippen molar-refractivity contribution < 1.29 is 0 Å². The van der Waals surface area contributed by atoms with Gasteiger partial charge in [0, 0.05) is 31.4 Å². The summed E-state index contributed by atoms with van der Waals surface area (Å²) in [5.74, 6) is 0.908. The molecule has 21 heavy (non-hydrogen) atoms. The van der Waals surface area contributed by atoms with E-state index >= 15 is 0 Å². The second-order valence-corrected chi connectivity index (χ2v) is 7.61. The van der Waals surface area contributed by atoms with Gasteiger partial charge in [-0.3, -0.25) is 4.98 Å². The molecule has 0 amide bonds. The molecule has 0 bridgehead atoms. The number of aromatic nitrogens is 1. The van der Waals surface area contributed by atoms with Crippen molar-refractivity contribution in [3.63, 3.8) is 0 Å². The molecule has 3 heteroatoms. The van der Waals surface area contributed by atoms with Crippen LogP contribution in [0.25, 0.3) is 0 Å². The molecule has 0 aromatic carbocycles. The summed E-state index contributed by atoms with van der Waals surface area (Å²) >= 11 is 0. The van der Waals surface area contributed by atoms with E-state index in [1.807, 2.05) is 6.20 Å². The van der Waals surface area contributed by atoms with Crippen LogP contribution in [0.4, 0.5) is 0 Å². The van der Waals surface area contributed by atoms with E-state index < -0.39 is 0 Å². The van der Waals surface area contributed by atoms with Crippen molar-refractivity contribution in [3.05, 3.63) is 29.6 Å². The summed E-state index contributed by atoms with van der Waals surface area (Å²) in [6, 6.07) is 4.37. The second-order valence-electron chi connectivity index (χ2n) is 7.61. The van der Waals surface area contributed by atoms with Gasteiger partial charge in [0.05, 0.1) is 5.69 Å². The maximum absolute atomic E-state index is 4.61. The SMILES string of the molecule is CN(Cc1ccc(CNC(C)(C)C)cn1)CC1CCCC1. The molecule has 2 rings (SSSR count). The van der Waals surface area contributed by atoms with Gasteiger partial charge in [0.25, 0.3) is 0 Å². The molecule has 1 N–H and O–H groups in total. The predicted octanol–water partition coefficient (Wildman–Crippen LogP) is 3.59. The van der Waals surface area contributed by atoms with Crippen molar-refractivity contribution >= 4 is 0 Å². The Labute approximate surface area is 130 Å². The van der Waals surface area contributed by atoms with Crippen LogP contribution >= 0.6 is 0 Å². The number of pyridine rings is 1. The lowest BCUT2D eigenvalue weighted by molar-refractivity contribution is 0.268. The van der Waals surface area contributed by atoms with Crippen LogP contribution in [0.3, 0.4) is 0 Å². The van der Waals surface area contributed by atoms with Gasteiger partial charge >= 0.3 is 0 Å². The fraction of sp³-hybridized carbons (Fsp3) is 0.722. The standard InChI is InChI=1S/C18H31N3/c1-18(2,3)20-12-16-9-10-17(19-11-16)14-21(4)13-15-7-5-6-8-15/h9-11,15,20H,5-8,12-14H2,1-4H3. The average Bonchev–Trinajstić information content (AvgIpc) is 2.89. The van der Waals surface area contributed by atoms with Gasteiger partial charge in [0.15, 0.2) is 0 Å². The van der Waals surface area contributed by atoms with E-state index in [0.717, 1.165) is 19.0 Å². The molecule has 0 spiro atoms. The summed E-state index contributed by atoms with van der Waals surface area (Å²) in [6.45, 7) is 9.62. The summed E-state index contributed by atoms with van der Waals surface area (Å²) in [7, 11) is 2.22. The zero-order valence-electron chi connectivity index (χ0n) is 14.2. The molecule has 1 heterocycles. The van der Waals surface area contributed by atoms with E-state index in [9.17, 15) is 0 Å². The third-order valence-electron chi connectivity index (χ3n) is 4.19. The Morgan fingerprint density at radius 2 is 1.95 bits per heavy atom. The minimum Gasteiger partial charge on any atom is -0.308 e. The largest absolute Gasteiger partial charge is 0.308 e. The first-order chi connectivity index (χ1) is 9.92. The molecule has 118 valence electrons. The lowest BCUT2D eigenvalue weighted by Gasteiger charge is -2.21. The van der Waals surface area contributed by atoms with Crippen LogP contribution in [-0.2, 0) is 13.1 Å². The van der Waals surface area contributed by atoms with Crippen molar-refractivity contribution in [2.75, 3.05) is 13.6 Å². The van der Waals surface area contributed by atoms with Gasteiger partial charge in [-0.1, -0.05) is 18.9 Å². The third kappa shape index (κ3) is 6.15. The van der Waals surface area contributed by atoms with E-state index in [0.29, 0.717) is 0 Å². The van der Waals surface area contributed by atoms with Crippen LogP contribution in [0, 0.1) is 5.92 Å².